The molecule has 0 aromatic carbocycles. The van der Waals surface area contributed by atoms with Gasteiger partial charge in [-0.15, -0.1) is 11.8 Å². The van der Waals surface area contributed by atoms with Crippen LogP contribution in [-0.4, -0.2) is 35.9 Å². The Morgan fingerprint density at radius 1 is 1.39 bits per heavy atom. The monoisotopic (exact) mass is 298 g/mol. The smallest absolute Gasteiger partial charge is 0.263 e. The molecule has 0 amide bonds. The molecule has 100 valence electrons. The molecule has 2 rings (SSSR count). The number of pyridine rings is 1. The minimum absolute atomic E-state index is 0.175. The number of halogens is 3. The number of aromatic nitrogens is 1. The van der Waals surface area contributed by atoms with Crippen LogP contribution in [0.4, 0.5) is 13.2 Å². The van der Waals surface area contributed by atoms with Crippen molar-refractivity contribution in [1.82, 2.24) is 9.29 Å². The third kappa shape index (κ3) is 2.47. The molecule has 1 aliphatic heterocycles. The van der Waals surface area contributed by atoms with Crippen LogP contribution in [0.5, 0.6) is 0 Å². The summed E-state index contributed by atoms with van der Waals surface area (Å²) in [6.07, 6.45) is -3.03. The van der Waals surface area contributed by atoms with Crippen molar-refractivity contribution in [3.63, 3.8) is 0 Å². The lowest BCUT2D eigenvalue weighted by Crippen LogP contribution is -2.30. The van der Waals surface area contributed by atoms with Crippen LogP contribution in [0.15, 0.2) is 23.4 Å². The molecule has 0 aliphatic carbocycles. The standard InChI is InChI=1S/C9H9F3N2O2S2/c10-9(11,12)7-1-2-13-5-8(7)18(15,16)14-3-4-17-6-14/h1-2,5H,3-4,6H2. The molecule has 0 radical (unpaired) electrons. The summed E-state index contributed by atoms with van der Waals surface area (Å²) in [4.78, 5) is 2.71. The lowest BCUT2D eigenvalue weighted by atomic mass is 10.3. The fourth-order valence-corrected chi connectivity index (χ4v) is 4.52. The molecule has 1 fully saturated rings. The molecule has 0 N–H and O–H groups in total. The van der Waals surface area contributed by atoms with E-state index < -0.39 is 26.7 Å². The highest BCUT2D eigenvalue weighted by molar-refractivity contribution is 8.00. The number of alkyl halides is 3. The van der Waals surface area contributed by atoms with Crippen molar-refractivity contribution in [2.45, 2.75) is 11.1 Å². The second kappa shape index (κ2) is 4.71. The Morgan fingerprint density at radius 3 is 2.67 bits per heavy atom. The first-order valence-electron chi connectivity index (χ1n) is 4.92. The number of thioether (sulfide) groups is 1. The van der Waals surface area contributed by atoms with Crippen LogP contribution < -0.4 is 0 Å². The first-order chi connectivity index (χ1) is 8.33. The number of rotatable bonds is 2. The van der Waals surface area contributed by atoms with E-state index in [-0.39, 0.29) is 12.4 Å². The largest absolute Gasteiger partial charge is 0.417 e. The zero-order valence-corrected chi connectivity index (χ0v) is 10.6. The van der Waals surface area contributed by atoms with E-state index >= 15 is 0 Å². The van der Waals surface area contributed by atoms with Crippen molar-refractivity contribution in [1.29, 1.82) is 0 Å². The Balaban J connectivity index is 2.51. The fourth-order valence-electron chi connectivity index (χ4n) is 1.55. The molecule has 1 aromatic rings. The Labute approximate surface area is 106 Å². The molecule has 0 saturated carbocycles. The van der Waals surface area contributed by atoms with Gasteiger partial charge in [0.15, 0.2) is 0 Å². The van der Waals surface area contributed by atoms with Crippen LogP contribution in [0.3, 0.4) is 0 Å². The van der Waals surface area contributed by atoms with E-state index in [0.717, 1.165) is 16.7 Å². The van der Waals surface area contributed by atoms with Crippen LogP contribution in [-0.2, 0) is 16.2 Å². The zero-order valence-electron chi connectivity index (χ0n) is 9.01. The van der Waals surface area contributed by atoms with Crippen LogP contribution in [0.25, 0.3) is 0 Å². The predicted octanol–water partition coefficient (Wildman–Crippen LogP) is 1.80. The van der Waals surface area contributed by atoms with Gasteiger partial charge >= 0.3 is 6.18 Å². The van der Waals surface area contributed by atoms with E-state index in [0.29, 0.717) is 11.8 Å². The molecule has 1 aliphatic rings. The number of nitrogens with zero attached hydrogens (tertiary/aromatic N) is 2. The van der Waals surface area contributed by atoms with Gasteiger partial charge in [0.25, 0.3) is 0 Å². The van der Waals surface area contributed by atoms with Gasteiger partial charge in [-0.25, -0.2) is 8.42 Å². The Hall–Kier alpha value is -0.800. The lowest BCUT2D eigenvalue weighted by molar-refractivity contribution is -0.140. The molecular formula is C9H9F3N2O2S2. The summed E-state index contributed by atoms with van der Waals surface area (Å²) in [5.41, 5.74) is -1.17. The van der Waals surface area contributed by atoms with Crippen molar-refractivity contribution in [3.05, 3.63) is 24.0 Å². The van der Waals surface area contributed by atoms with E-state index in [1.807, 2.05) is 0 Å². The first-order valence-corrected chi connectivity index (χ1v) is 7.52. The van der Waals surface area contributed by atoms with Gasteiger partial charge in [-0.2, -0.15) is 17.5 Å². The van der Waals surface area contributed by atoms with Gasteiger partial charge in [-0.05, 0) is 6.07 Å². The van der Waals surface area contributed by atoms with Crippen LogP contribution in [0.2, 0.25) is 0 Å². The molecule has 0 unspecified atom stereocenters. The molecule has 9 heteroatoms. The van der Waals surface area contributed by atoms with Crippen LogP contribution in [0, 0.1) is 0 Å². The molecular weight excluding hydrogens is 289 g/mol. The van der Waals surface area contributed by atoms with Gasteiger partial charge in [0, 0.05) is 24.7 Å². The molecule has 0 spiro atoms. The molecule has 1 saturated heterocycles. The van der Waals surface area contributed by atoms with Gasteiger partial charge in [0.1, 0.15) is 4.90 Å². The minimum atomic E-state index is -4.71. The van der Waals surface area contributed by atoms with Crippen molar-refractivity contribution in [3.8, 4) is 0 Å². The molecule has 18 heavy (non-hydrogen) atoms. The van der Waals surface area contributed by atoms with Crippen molar-refractivity contribution < 1.29 is 21.6 Å². The highest BCUT2D eigenvalue weighted by Gasteiger charge is 2.39. The van der Waals surface area contributed by atoms with Gasteiger partial charge in [-0.1, -0.05) is 0 Å². The molecule has 0 bridgehead atoms. The molecule has 1 aromatic heterocycles. The third-order valence-corrected chi connectivity index (χ3v) is 5.43. The summed E-state index contributed by atoms with van der Waals surface area (Å²) in [5.74, 6) is 0.759. The van der Waals surface area contributed by atoms with Gasteiger partial charge in [0.2, 0.25) is 10.0 Å². The fraction of sp³-hybridized carbons (Fsp3) is 0.444. The maximum absolute atomic E-state index is 12.7. The second-order valence-electron chi connectivity index (χ2n) is 3.59. The van der Waals surface area contributed by atoms with Crippen molar-refractivity contribution in [2.75, 3.05) is 18.2 Å². The topological polar surface area (TPSA) is 50.3 Å². The van der Waals surface area contributed by atoms with E-state index in [9.17, 15) is 21.6 Å². The van der Waals surface area contributed by atoms with Crippen molar-refractivity contribution in [2.24, 2.45) is 0 Å². The predicted molar refractivity (Wildman–Crippen MR) is 60.5 cm³/mol. The van der Waals surface area contributed by atoms with Crippen LogP contribution in [0.1, 0.15) is 5.56 Å². The average Bonchev–Trinajstić information content (AvgIpc) is 2.82. The van der Waals surface area contributed by atoms with E-state index in [4.69, 9.17) is 0 Å². The van der Waals surface area contributed by atoms with Crippen molar-refractivity contribution >= 4 is 21.8 Å². The Morgan fingerprint density at radius 2 is 2.11 bits per heavy atom. The van der Waals surface area contributed by atoms with E-state index in [2.05, 4.69) is 4.98 Å². The first kappa shape index (κ1) is 13.6. The molecule has 0 atom stereocenters. The maximum atomic E-state index is 12.7. The quantitative estimate of drug-likeness (QED) is 0.835. The lowest BCUT2D eigenvalue weighted by Gasteiger charge is -2.18. The average molecular weight is 298 g/mol. The van der Waals surface area contributed by atoms with Gasteiger partial charge in [-0.3, -0.25) is 4.98 Å². The zero-order chi connectivity index (χ0) is 13.4. The molecule has 4 nitrogen and oxygen atoms in total. The summed E-state index contributed by atoms with van der Waals surface area (Å²) >= 11 is 1.36. The van der Waals surface area contributed by atoms with E-state index in [1.54, 1.807) is 0 Å². The van der Waals surface area contributed by atoms with Gasteiger partial charge < -0.3 is 0 Å². The minimum Gasteiger partial charge on any atom is -0.263 e. The summed E-state index contributed by atoms with van der Waals surface area (Å²) in [7, 11) is -4.12. The number of sulfonamides is 1. The van der Waals surface area contributed by atoms with Crippen LogP contribution >= 0.6 is 11.8 Å². The number of hydrogen-bond acceptors (Lipinski definition) is 4. The Kier molecular flexibility index (Phi) is 3.56. The highest BCUT2D eigenvalue weighted by atomic mass is 32.2. The summed E-state index contributed by atoms with van der Waals surface area (Å²) in [6.45, 7) is 0.221. The number of hydrogen-bond donors (Lipinski definition) is 0. The highest BCUT2D eigenvalue weighted by Crippen LogP contribution is 2.35. The molecule has 2 heterocycles. The maximum Gasteiger partial charge on any atom is 0.417 e. The Bertz CT molecular complexity index is 539. The summed E-state index contributed by atoms with van der Waals surface area (Å²) in [6, 6.07) is 0.677. The van der Waals surface area contributed by atoms with Gasteiger partial charge in [0.05, 0.1) is 11.4 Å². The second-order valence-corrected chi connectivity index (χ2v) is 6.57. The summed E-state index contributed by atoms with van der Waals surface area (Å²) < 4.78 is 63.4. The SMILES string of the molecule is O=S(=O)(c1cnccc1C(F)(F)F)N1CCSC1. The normalized spacial score (nSPS) is 18.2. The van der Waals surface area contributed by atoms with E-state index in [1.165, 1.54) is 11.8 Å². The third-order valence-electron chi connectivity index (χ3n) is 2.43. The summed E-state index contributed by atoms with van der Waals surface area (Å²) in [5, 5.41) is 0.